The number of nitrogens with zero attached hydrogens (tertiary/aromatic N) is 1. The summed E-state index contributed by atoms with van der Waals surface area (Å²) < 4.78 is 23.7. The van der Waals surface area contributed by atoms with Crippen LogP contribution in [0.5, 0.6) is 0 Å². The largest absolute Gasteiger partial charge is 0.464 e. The summed E-state index contributed by atoms with van der Waals surface area (Å²) in [5.74, 6) is 5.80. The maximum Gasteiger partial charge on any atom is 0.309 e. The average Bonchev–Trinajstić information content (AvgIpc) is 3.57. The van der Waals surface area contributed by atoms with Gasteiger partial charge in [0.15, 0.2) is 0 Å². The van der Waals surface area contributed by atoms with Gasteiger partial charge in [0.1, 0.15) is 12.4 Å². The first-order valence-corrected chi connectivity index (χ1v) is 10.5. The minimum absolute atomic E-state index is 0.109. The number of carbonyl (C=O) groups is 1. The van der Waals surface area contributed by atoms with Gasteiger partial charge in [-0.15, -0.1) is 0 Å². The van der Waals surface area contributed by atoms with Crippen molar-refractivity contribution in [3.63, 3.8) is 0 Å². The maximum absolute atomic E-state index is 13.0. The van der Waals surface area contributed by atoms with E-state index in [1.165, 1.54) is 17.7 Å². The van der Waals surface area contributed by atoms with Crippen molar-refractivity contribution in [1.29, 1.82) is 0 Å². The molecule has 4 rings (SSSR count). The molecule has 1 heterocycles. The van der Waals surface area contributed by atoms with Crippen LogP contribution in [0.3, 0.4) is 0 Å². The first-order chi connectivity index (χ1) is 14.7. The van der Waals surface area contributed by atoms with Crippen molar-refractivity contribution in [1.82, 2.24) is 4.90 Å². The number of esters is 1. The van der Waals surface area contributed by atoms with Crippen LogP contribution in [-0.4, -0.2) is 43.8 Å². The summed E-state index contributed by atoms with van der Waals surface area (Å²) in [7, 11) is 0. The zero-order chi connectivity index (χ0) is 20.8. The van der Waals surface area contributed by atoms with Crippen molar-refractivity contribution in [3.05, 3.63) is 71.0 Å². The lowest BCUT2D eigenvalue weighted by Gasteiger charge is -2.26. The number of benzene rings is 2. The molecule has 1 saturated carbocycles. The Morgan fingerprint density at radius 1 is 1.10 bits per heavy atom. The molecule has 2 aromatic carbocycles. The number of ether oxygens (including phenoxy) is 2. The Balaban J connectivity index is 1.16. The van der Waals surface area contributed by atoms with E-state index in [9.17, 15) is 9.18 Å². The van der Waals surface area contributed by atoms with Crippen LogP contribution in [0.15, 0.2) is 48.5 Å². The molecule has 1 aliphatic heterocycles. The first kappa shape index (κ1) is 20.6. The molecule has 0 spiro atoms. The van der Waals surface area contributed by atoms with E-state index in [0.717, 1.165) is 50.4 Å². The molecule has 2 fully saturated rings. The fourth-order valence-corrected chi connectivity index (χ4v) is 3.72. The maximum atomic E-state index is 13.0. The van der Waals surface area contributed by atoms with Crippen LogP contribution >= 0.6 is 0 Å². The topological polar surface area (TPSA) is 38.8 Å². The first-order valence-electron chi connectivity index (χ1n) is 10.5. The quantitative estimate of drug-likeness (QED) is 0.415. The van der Waals surface area contributed by atoms with Crippen LogP contribution in [0.25, 0.3) is 0 Å². The molecule has 2 atom stereocenters. The zero-order valence-electron chi connectivity index (χ0n) is 17.0. The summed E-state index contributed by atoms with van der Waals surface area (Å²) in [6.45, 7) is 4.81. The SMILES string of the molecule is O=C(OCCC#Cc1ccc(CN2CCOCC2)cc1)C1CC1c1ccc(F)cc1. The van der Waals surface area contributed by atoms with Crippen LogP contribution in [0.4, 0.5) is 4.39 Å². The molecule has 156 valence electrons. The summed E-state index contributed by atoms with van der Waals surface area (Å²) in [6, 6.07) is 14.6. The highest BCUT2D eigenvalue weighted by Crippen LogP contribution is 2.48. The van der Waals surface area contributed by atoms with Gasteiger partial charge in [-0.2, -0.15) is 0 Å². The number of morpholine rings is 1. The highest BCUT2D eigenvalue weighted by Gasteiger charge is 2.45. The van der Waals surface area contributed by atoms with Crippen LogP contribution in [0, 0.1) is 23.6 Å². The summed E-state index contributed by atoms with van der Waals surface area (Å²) in [6.07, 6.45) is 1.28. The number of hydrogen-bond acceptors (Lipinski definition) is 4. The van der Waals surface area contributed by atoms with Gasteiger partial charge >= 0.3 is 5.97 Å². The molecular formula is C25H26FNO3. The smallest absolute Gasteiger partial charge is 0.309 e. The van der Waals surface area contributed by atoms with Gasteiger partial charge in [-0.25, -0.2) is 4.39 Å². The summed E-state index contributed by atoms with van der Waals surface area (Å²) >= 11 is 0. The third kappa shape index (κ3) is 5.69. The minimum atomic E-state index is -0.260. The van der Waals surface area contributed by atoms with Gasteiger partial charge in [0.2, 0.25) is 0 Å². The molecule has 5 heteroatoms. The van der Waals surface area contributed by atoms with E-state index in [1.54, 1.807) is 12.1 Å². The molecule has 0 bridgehead atoms. The highest BCUT2D eigenvalue weighted by molar-refractivity contribution is 5.77. The Morgan fingerprint density at radius 2 is 1.83 bits per heavy atom. The fraction of sp³-hybridized carbons (Fsp3) is 0.400. The van der Waals surface area contributed by atoms with E-state index in [2.05, 4.69) is 28.9 Å². The van der Waals surface area contributed by atoms with Gasteiger partial charge < -0.3 is 9.47 Å². The molecule has 2 aliphatic rings. The molecule has 4 nitrogen and oxygen atoms in total. The number of halogens is 1. The molecule has 0 aromatic heterocycles. The van der Waals surface area contributed by atoms with E-state index in [4.69, 9.17) is 9.47 Å². The van der Waals surface area contributed by atoms with Crippen molar-refractivity contribution in [2.75, 3.05) is 32.9 Å². The molecule has 30 heavy (non-hydrogen) atoms. The number of rotatable bonds is 6. The average molecular weight is 407 g/mol. The standard InChI is InChI=1S/C25H26FNO3/c26-22-10-8-21(9-11-22)23-17-24(23)25(28)30-14-2-1-3-19-4-6-20(7-5-19)18-27-12-15-29-16-13-27/h4-11,23-24H,2,12-18H2. The summed E-state index contributed by atoms with van der Waals surface area (Å²) in [4.78, 5) is 14.5. The van der Waals surface area contributed by atoms with Crippen LogP contribution in [-0.2, 0) is 20.8 Å². The highest BCUT2D eigenvalue weighted by atomic mass is 19.1. The molecular weight excluding hydrogens is 381 g/mol. The van der Waals surface area contributed by atoms with Crippen LogP contribution < -0.4 is 0 Å². The second-order valence-electron chi connectivity index (χ2n) is 7.80. The lowest BCUT2D eigenvalue weighted by atomic mass is 10.1. The third-order valence-electron chi connectivity index (χ3n) is 5.56. The van der Waals surface area contributed by atoms with Gasteiger partial charge in [0.05, 0.1) is 19.1 Å². The second-order valence-corrected chi connectivity index (χ2v) is 7.80. The van der Waals surface area contributed by atoms with Gasteiger partial charge in [0, 0.05) is 31.6 Å². The minimum Gasteiger partial charge on any atom is -0.464 e. The second kappa shape index (κ2) is 9.88. The third-order valence-corrected chi connectivity index (χ3v) is 5.56. The van der Waals surface area contributed by atoms with Crippen molar-refractivity contribution in [3.8, 4) is 11.8 Å². The van der Waals surface area contributed by atoms with Crippen LogP contribution in [0.1, 0.15) is 35.4 Å². The monoisotopic (exact) mass is 407 g/mol. The Bertz CT molecular complexity index is 908. The molecule has 2 aromatic rings. The normalized spacial score (nSPS) is 20.8. The van der Waals surface area contributed by atoms with E-state index in [0.29, 0.717) is 13.0 Å². The molecule has 0 N–H and O–H groups in total. The number of carbonyl (C=O) groups excluding carboxylic acids is 1. The lowest BCUT2D eigenvalue weighted by molar-refractivity contribution is -0.145. The summed E-state index contributed by atoms with van der Waals surface area (Å²) in [5.41, 5.74) is 3.23. The van der Waals surface area contributed by atoms with Gasteiger partial charge in [-0.05, 0) is 47.7 Å². The van der Waals surface area contributed by atoms with Crippen molar-refractivity contribution in [2.45, 2.75) is 25.3 Å². The van der Waals surface area contributed by atoms with E-state index in [1.807, 2.05) is 12.1 Å². The molecule has 1 saturated heterocycles. The molecule has 2 unspecified atom stereocenters. The Labute approximate surface area is 177 Å². The van der Waals surface area contributed by atoms with Gasteiger partial charge in [0.25, 0.3) is 0 Å². The Hall–Kier alpha value is -2.68. The van der Waals surface area contributed by atoms with Crippen molar-refractivity contribution >= 4 is 5.97 Å². The predicted octanol–water partition coefficient (Wildman–Crippen LogP) is 3.75. The van der Waals surface area contributed by atoms with Gasteiger partial charge in [-0.3, -0.25) is 9.69 Å². The van der Waals surface area contributed by atoms with E-state index < -0.39 is 0 Å². The Morgan fingerprint density at radius 3 is 2.57 bits per heavy atom. The van der Waals surface area contributed by atoms with E-state index >= 15 is 0 Å². The summed E-state index contributed by atoms with van der Waals surface area (Å²) in [5, 5.41) is 0. The molecule has 1 aliphatic carbocycles. The molecule has 0 radical (unpaired) electrons. The lowest BCUT2D eigenvalue weighted by Crippen LogP contribution is -2.35. The van der Waals surface area contributed by atoms with Crippen molar-refractivity contribution < 1.29 is 18.7 Å². The zero-order valence-corrected chi connectivity index (χ0v) is 17.0. The van der Waals surface area contributed by atoms with E-state index in [-0.39, 0.29) is 23.6 Å². The predicted molar refractivity (Wildman–Crippen MR) is 112 cm³/mol. The fourth-order valence-electron chi connectivity index (χ4n) is 3.72. The van der Waals surface area contributed by atoms with Crippen LogP contribution in [0.2, 0.25) is 0 Å². The van der Waals surface area contributed by atoms with Gasteiger partial charge in [-0.1, -0.05) is 36.1 Å². The Kier molecular flexibility index (Phi) is 6.78. The van der Waals surface area contributed by atoms with Crippen molar-refractivity contribution in [2.24, 2.45) is 5.92 Å². The number of hydrogen-bond donors (Lipinski definition) is 0. The molecule has 0 amide bonds.